The van der Waals surface area contributed by atoms with E-state index in [-0.39, 0.29) is 6.54 Å². The van der Waals surface area contributed by atoms with Crippen molar-refractivity contribution in [2.24, 2.45) is 17.8 Å². The Balaban J connectivity index is 3.99. The van der Waals surface area contributed by atoms with Crippen LogP contribution in [0.25, 0.3) is 0 Å². The Morgan fingerprint density at radius 3 is 1.83 bits per heavy atom. The zero-order valence-corrected chi connectivity index (χ0v) is 11.4. The molecule has 0 aliphatic carbocycles. The fourth-order valence-electron chi connectivity index (χ4n) is 1.79. The average molecular weight is 260 g/mol. The van der Waals surface area contributed by atoms with Crippen LogP contribution in [0.1, 0.15) is 27.7 Å². The highest BCUT2D eigenvalue weighted by atomic mass is 16.4. The lowest BCUT2D eigenvalue weighted by atomic mass is 9.85. The Labute approximate surface area is 108 Å². The quantitative estimate of drug-likeness (QED) is 0.540. The Kier molecular flexibility index (Phi) is 7.35. The first-order chi connectivity index (χ1) is 8.25. The van der Waals surface area contributed by atoms with Crippen LogP contribution in [0, 0.1) is 17.8 Å². The molecule has 0 aliphatic rings. The maximum Gasteiger partial charge on any atom is 0.334 e. The lowest BCUT2D eigenvalue weighted by Crippen LogP contribution is -2.44. The number of carboxylic acids is 1. The summed E-state index contributed by atoms with van der Waals surface area (Å²) in [6.45, 7) is 8.62. The van der Waals surface area contributed by atoms with Gasteiger partial charge in [-0.3, -0.25) is 0 Å². The van der Waals surface area contributed by atoms with Crippen LogP contribution in [0.5, 0.6) is 0 Å². The van der Waals surface area contributed by atoms with Crippen LogP contribution in [0.2, 0.25) is 0 Å². The zero-order chi connectivity index (χ0) is 14.3. The topological polar surface area (TPSA) is 98.7 Å². The molecule has 2 amide bonds. The van der Waals surface area contributed by atoms with Gasteiger partial charge in [0.2, 0.25) is 0 Å². The number of carbonyl (C=O) groups is 2. The molecule has 0 aromatic carbocycles. The summed E-state index contributed by atoms with van der Waals surface area (Å²) in [5, 5.41) is 22.4. The number of hydrogen-bond donors (Lipinski definition) is 4. The first-order valence-electron chi connectivity index (χ1n) is 6.18. The van der Waals surface area contributed by atoms with Crippen LogP contribution in [-0.2, 0) is 4.79 Å². The van der Waals surface area contributed by atoms with Gasteiger partial charge in [-0.15, -0.1) is 0 Å². The largest absolute Gasteiger partial charge is 0.479 e. The predicted molar refractivity (Wildman–Crippen MR) is 68.2 cm³/mol. The van der Waals surface area contributed by atoms with E-state index in [4.69, 9.17) is 10.2 Å². The van der Waals surface area contributed by atoms with Crippen LogP contribution in [-0.4, -0.2) is 41.4 Å². The highest BCUT2D eigenvalue weighted by Crippen LogP contribution is 2.19. The summed E-state index contributed by atoms with van der Waals surface area (Å²) >= 11 is 0. The van der Waals surface area contributed by atoms with E-state index >= 15 is 0 Å². The molecule has 18 heavy (non-hydrogen) atoms. The molecular formula is C12H24N2O4. The molecule has 6 heteroatoms. The third-order valence-electron chi connectivity index (χ3n) is 2.95. The van der Waals surface area contributed by atoms with Crippen LogP contribution in [0.15, 0.2) is 0 Å². The van der Waals surface area contributed by atoms with Gasteiger partial charge in [0.05, 0.1) is 6.54 Å². The number of rotatable bonds is 7. The minimum absolute atomic E-state index is 0.296. The normalized spacial score (nSPS) is 12.9. The fourth-order valence-corrected chi connectivity index (χ4v) is 1.79. The molecule has 0 saturated heterocycles. The van der Waals surface area contributed by atoms with E-state index in [0.29, 0.717) is 24.3 Å². The van der Waals surface area contributed by atoms with Gasteiger partial charge in [0.1, 0.15) is 0 Å². The van der Waals surface area contributed by atoms with Crippen molar-refractivity contribution in [2.75, 3.05) is 13.1 Å². The maximum atomic E-state index is 11.4. The molecule has 0 aliphatic heterocycles. The van der Waals surface area contributed by atoms with Gasteiger partial charge in [-0.2, -0.15) is 0 Å². The molecule has 0 saturated carbocycles. The van der Waals surface area contributed by atoms with Crippen LogP contribution >= 0.6 is 0 Å². The number of aliphatic carboxylic acids is 1. The van der Waals surface area contributed by atoms with Gasteiger partial charge in [0.25, 0.3) is 0 Å². The Hall–Kier alpha value is -1.30. The summed E-state index contributed by atoms with van der Waals surface area (Å²) in [5.74, 6) is -0.0810. The van der Waals surface area contributed by atoms with Gasteiger partial charge in [-0.25, -0.2) is 9.59 Å². The van der Waals surface area contributed by atoms with Gasteiger partial charge in [-0.1, -0.05) is 27.7 Å². The van der Waals surface area contributed by atoms with E-state index < -0.39 is 18.1 Å². The molecule has 0 fully saturated rings. The second-order valence-corrected chi connectivity index (χ2v) is 5.10. The molecule has 4 N–H and O–H groups in total. The maximum absolute atomic E-state index is 11.4. The summed E-state index contributed by atoms with van der Waals surface area (Å²) in [5.41, 5.74) is 0. The predicted octanol–water partition coefficient (Wildman–Crippen LogP) is 0.659. The summed E-state index contributed by atoms with van der Waals surface area (Å²) < 4.78 is 0. The molecule has 0 spiro atoms. The number of carbonyl (C=O) groups excluding carboxylic acids is 1. The lowest BCUT2D eigenvalue weighted by Gasteiger charge is -2.25. The highest BCUT2D eigenvalue weighted by Gasteiger charge is 2.19. The number of nitrogens with one attached hydrogen (secondary N) is 2. The fraction of sp³-hybridized carbons (Fsp3) is 0.833. The first-order valence-corrected chi connectivity index (χ1v) is 6.18. The van der Waals surface area contributed by atoms with Gasteiger partial charge >= 0.3 is 12.0 Å². The third kappa shape index (κ3) is 6.44. The van der Waals surface area contributed by atoms with E-state index in [1.165, 1.54) is 0 Å². The number of urea groups is 1. The molecule has 6 nitrogen and oxygen atoms in total. The van der Waals surface area contributed by atoms with Gasteiger partial charge in [0, 0.05) is 6.54 Å². The van der Waals surface area contributed by atoms with Gasteiger partial charge < -0.3 is 20.8 Å². The minimum atomic E-state index is -1.57. The van der Waals surface area contributed by atoms with Crippen molar-refractivity contribution in [1.82, 2.24) is 10.6 Å². The summed E-state index contributed by atoms with van der Waals surface area (Å²) in [4.78, 5) is 21.7. The Bertz CT molecular complexity index is 271. The number of amides is 2. The van der Waals surface area contributed by atoms with E-state index in [1.54, 1.807) is 0 Å². The molecule has 0 aromatic heterocycles. The molecule has 1 atom stereocenters. The molecule has 0 aromatic rings. The zero-order valence-electron chi connectivity index (χ0n) is 11.4. The van der Waals surface area contributed by atoms with Crippen LogP contribution < -0.4 is 10.6 Å². The monoisotopic (exact) mass is 260 g/mol. The van der Waals surface area contributed by atoms with E-state index in [0.717, 1.165) is 0 Å². The summed E-state index contributed by atoms with van der Waals surface area (Å²) in [7, 11) is 0. The second kappa shape index (κ2) is 7.92. The van der Waals surface area contributed by atoms with Crippen molar-refractivity contribution in [3.05, 3.63) is 0 Å². The molecule has 106 valence electrons. The standard InChI is InChI=1S/C12H24N2O4/c1-7(2)9(8(3)4)5-13-12(18)14-6-10(15)11(16)17/h7-10,15H,5-6H2,1-4H3,(H,16,17)(H2,13,14,18). The molecule has 0 bridgehead atoms. The van der Waals surface area contributed by atoms with Crippen LogP contribution in [0.4, 0.5) is 4.79 Å². The molecule has 1 unspecified atom stereocenters. The van der Waals surface area contributed by atoms with E-state index in [2.05, 4.69) is 38.3 Å². The molecule has 0 rings (SSSR count). The van der Waals surface area contributed by atoms with Gasteiger partial charge in [0.15, 0.2) is 6.10 Å². The SMILES string of the molecule is CC(C)C(CNC(=O)NCC(O)C(=O)O)C(C)C. The van der Waals surface area contributed by atoms with Crippen molar-refractivity contribution >= 4 is 12.0 Å². The van der Waals surface area contributed by atoms with Crippen molar-refractivity contribution in [3.8, 4) is 0 Å². The highest BCUT2D eigenvalue weighted by molar-refractivity contribution is 5.76. The molecule has 0 radical (unpaired) electrons. The summed E-state index contributed by atoms with van der Waals surface area (Å²) in [6, 6.07) is -0.457. The average Bonchev–Trinajstić information content (AvgIpc) is 2.24. The van der Waals surface area contributed by atoms with Crippen molar-refractivity contribution in [1.29, 1.82) is 0 Å². The molecular weight excluding hydrogens is 236 g/mol. The number of aliphatic hydroxyl groups is 1. The van der Waals surface area contributed by atoms with E-state index in [1.807, 2.05) is 0 Å². The van der Waals surface area contributed by atoms with Crippen LogP contribution in [0.3, 0.4) is 0 Å². The van der Waals surface area contributed by atoms with Crippen molar-refractivity contribution < 1.29 is 19.8 Å². The first kappa shape index (κ1) is 16.7. The smallest absolute Gasteiger partial charge is 0.334 e. The lowest BCUT2D eigenvalue weighted by molar-refractivity contribution is -0.146. The number of aliphatic hydroxyl groups excluding tert-OH is 1. The van der Waals surface area contributed by atoms with Crippen molar-refractivity contribution in [3.63, 3.8) is 0 Å². The van der Waals surface area contributed by atoms with Crippen molar-refractivity contribution in [2.45, 2.75) is 33.8 Å². The Morgan fingerprint density at radius 2 is 1.44 bits per heavy atom. The number of hydrogen-bond acceptors (Lipinski definition) is 3. The summed E-state index contributed by atoms with van der Waals surface area (Å²) in [6.07, 6.45) is -1.57. The van der Waals surface area contributed by atoms with Gasteiger partial charge in [-0.05, 0) is 17.8 Å². The third-order valence-corrected chi connectivity index (χ3v) is 2.95. The minimum Gasteiger partial charge on any atom is -0.479 e. The second-order valence-electron chi connectivity index (χ2n) is 5.10. The number of carboxylic acid groups (broad SMARTS) is 1. The Morgan fingerprint density at radius 1 is 1.00 bits per heavy atom. The van der Waals surface area contributed by atoms with E-state index in [9.17, 15) is 9.59 Å². The molecule has 0 heterocycles.